The molecule has 156 valence electrons. The molecule has 7 nitrogen and oxygen atoms in total. The first-order chi connectivity index (χ1) is 15.0. The number of rotatable bonds is 5. The zero-order valence-electron chi connectivity index (χ0n) is 16.3. The standard InChI is InChI=1S/C22H17IN4O3S/c23-18-8-15(9-19(21(18)28)27(29)30)11-25-22-17(10-24)16-6-7-26(13-20(16)31-22)12-14-4-2-1-3-5-14/h1-5,8-9,11,28H,6-7,12-13H2. The van der Waals surface area contributed by atoms with Gasteiger partial charge in [-0.05, 0) is 46.2 Å². The Labute approximate surface area is 196 Å². The topological polar surface area (TPSA) is 103 Å². The molecule has 1 N–H and O–H groups in total. The molecule has 0 amide bonds. The zero-order valence-corrected chi connectivity index (χ0v) is 19.3. The molecular formula is C22H17IN4O3S. The van der Waals surface area contributed by atoms with Gasteiger partial charge in [0.25, 0.3) is 0 Å². The molecule has 0 unspecified atom stereocenters. The van der Waals surface area contributed by atoms with Crippen molar-refractivity contribution in [2.75, 3.05) is 6.54 Å². The van der Waals surface area contributed by atoms with E-state index in [4.69, 9.17) is 0 Å². The fourth-order valence-corrected chi connectivity index (χ4v) is 5.40. The van der Waals surface area contributed by atoms with Crippen LogP contribution in [0, 0.1) is 25.0 Å². The Morgan fingerprint density at radius 3 is 2.84 bits per heavy atom. The Balaban J connectivity index is 1.59. The second-order valence-corrected chi connectivity index (χ2v) is 9.37. The van der Waals surface area contributed by atoms with Crippen molar-refractivity contribution in [3.63, 3.8) is 0 Å². The summed E-state index contributed by atoms with van der Waals surface area (Å²) < 4.78 is 0.371. The molecule has 2 heterocycles. The Bertz CT molecular complexity index is 1220. The zero-order chi connectivity index (χ0) is 22.0. The van der Waals surface area contributed by atoms with E-state index in [9.17, 15) is 20.5 Å². The number of nitrogens with zero attached hydrogens (tertiary/aromatic N) is 4. The van der Waals surface area contributed by atoms with Crippen molar-refractivity contribution in [2.45, 2.75) is 19.5 Å². The Morgan fingerprint density at radius 2 is 2.13 bits per heavy atom. The molecule has 0 bridgehead atoms. The predicted molar refractivity (Wildman–Crippen MR) is 128 cm³/mol. The molecule has 3 aromatic rings. The van der Waals surface area contributed by atoms with E-state index in [1.165, 1.54) is 29.2 Å². The van der Waals surface area contributed by atoms with E-state index in [2.05, 4.69) is 28.1 Å². The molecular weight excluding hydrogens is 527 g/mol. The molecule has 1 aliphatic rings. The summed E-state index contributed by atoms with van der Waals surface area (Å²) >= 11 is 3.34. The molecule has 9 heteroatoms. The summed E-state index contributed by atoms with van der Waals surface area (Å²) in [5, 5.41) is 31.3. The van der Waals surface area contributed by atoms with Crippen molar-refractivity contribution in [3.05, 3.63) is 83.3 Å². The van der Waals surface area contributed by atoms with Gasteiger partial charge in [-0.15, -0.1) is 11.3 Å². The van der Waals surface area contributed by atoms with Gasteiger partial charge >= 0.3 is 5.69 Å². The van der Waals surface area contributed by atoms with Crippen molar-refractivity contribution in [1.29, 1.82) is 5.26 Å². The number of benzene rings is 2. The van der Waals surface area contributed by atoms with Crippen molar-refractivity contribution in [2.24, 2.45) is 4.99 Å². The predicted octanol–water partition coefficient (Wildman–Crippen LogP) is 5.15. The van der Waals surface area contributed by atoms with Gasteiger partial charge in [0.1, 0.15) is 11.1 Å². The number of aromatic hydroxyl groups is 1. The number of nitro groups is 1. The lowest BCUT2D eigenvalue weighted by Gasteiger charge is -2.26. The van der Waals surface area contributed by atoms with E-state index in [0.717, 1.165) is 36.5 Å². The highest BCUT2D eigenvalue weighted by molar-refractivity contribution is 14.1. The summed E-state index contributed by atoms with van der Waals surface area (Å²) in [5.74, 6) is -0.356. The largest absolute Gasteiger partial charge is 0.501 e. The van der Waals surface area contributed by atoms with Gasteiger partial charge in [0.15, 0.2) is 0 Å². The Morgan fingerprint density at radius 1 is 1.35 bits per heavy atom. The van der Waals surface area contributed by atoms with Gasteiger partial charge < -0.3 is 5.11 Å². The van der Waals surface area contributed by atoms with Gasteiger partial charge in [-0.25, -0.2) is 4.99 Å². The number of hydrogen-bond acceptors (Lipinski definition) is 7. The van der Waals surface area contributed by atoms with Gasteiger partial charge in [0.05, 0.1) is 14.1 Å². The summed E-state index contributed by atoms with van der Waals surface area (Å²) in [6.45, 7) is 2.49. The number of hydrogen-bond donors (Lipinski definition) is 1. The number of halogens is 1. The van der Waals surface area contributed by atoms with Crippen molar-refractivity contribution in [1.82, 2.24) is 4.90 Å². The van der Waals surface area contributed by atoms with Crippen LogP contribution in [0.3, 0.4) is 0 Å². The Kier molecular flexibility index (Phi) is 6.31. The molecule has 0 saturated carbocycles. The van der Waals surface area contributed by atoms with Crippen LogP contribution in [0.15, 0.2) is 47.5 Å². The van der Waals surface area contributed by atoms with E-state index >= 15 is 0 Å². The van der Waals surface area contributed by atoms with Crippen LogP contribution in [-0.4, -0.2) is 27.7 Å². The van der Waals surface area contributed by atoms with Gasteiger partial charge in [-0.2, -0.15) is 5.26 Å². The smallest absolute Gasteiger partial charge is 0.312 e. The first-order valence-electron chi connectivity index (χ1n) is 9.48. The molecule has 1 aliphatic heterocycles. The average molecular weight is 544 g/mol. The average Bonchev–Trinajstić information content (AvgIpc) is 3.11. The molecule has 2 aromatic carbocycles. The van der Waals surface area contributed by atoms with Crippen LogP contribution in [0.4, 0.5) is 10.7 Å². The SMILES string of the molecule is N#Cc1c(N=Cc2cc(I)c(O)c([N+](=O)[O-])c2)sc2c1CCN(Cc1ccccc1)C2. The van der Waals surface area contributed by atoms with E-state index in [0.29, 0.717) is 19.7 Å². The van der Waals surface area contributed by atoms with Crippen LogP contribution in [0.2, 0.25) is 0 Å². The van der Waals surface area contributed by atoms with Crippen LogP contribution in [0.25, 0.3) is 0 Å². The van der Waals surface area contributed by atoms with Crippen LogP contribution < -0.4 is 0 Å². The van der Waals surface area contributed by atoms with E-state index < -0.39 is 4.92 Å². The van der Waals surface area contributed by atoms with Crippen molar-refractivity contribution < 1.29 is 10.0 Å². The minimum atomic E-state index is -0.624. The molecule has 0 spiro atoms. The normalized spacial score (nSPS) is 13.8. The minimum Gasteiger partial charge on any atom is -0.501 e. The number of fused-ring (bicyclic) bond motifs is 1. The van der Waals surface area contributed by atoms with Crippen molar-refractivity contribution >= 4 is 50.8 Å². The van der Waals surface area contributed by atoms with Gasteiger partial charge in [-0.3, -0.25) is 15.0 Å². The maximum Gasteiger partial charge on any atom is 0.312 e. The lowest BCUT2D eigenvalue weighted by molar-refractivity contribution is -0.386. The third-order valence-corrected chi connectivity index (χ3v) is 7.02. The third kappa shape index (κ3) is 4.61. The molecule has 31 heavy (non-hydrogen) atoms. The third-order valence-electron chi connectivity index (χ3n) is 5.07. The Hall–Kier alpha value is -2.81. The van der Waals surface area contributed by atoms with Crippen LogP contribution in [0.1, 0.15) is 27.1 Å². The maximum absolute atomic E-state index is 11.1. The summed E-state index contributed by atoms with van der Waals surface area (Å²) in [4.78, 5) is 18.5. The first-order valence-corrected chi connectivity index (χ1v) is 11.4. The van der Waals surface area contributed by atoms with Crippen LogP contribution in [0.5, 0.6) is 5.75 Å². The highest BCUT2D eigenvalue weighted by Crippen LogP contribution is 2.39. The number of aliphatic imine (C=N–C) groups is 1. The fraction of sp³-hybridized carbons (Fsp3) is 0.182. The molecule has 0 atom stereocenters. The van der Waals surface area contributed by atoms with Crippen LogP contribution in [-0.2, 0) is 19.5 Å². The number of phenols is 1. The lowest BCUT2D eigenvalue weighted by atomic mass is 10.0. The molecule has 0 radical (unpaired) electrons. The molecule has 0 fully saturated rings. The molecule has 1 aromatic heterocycles. The highest BCUT2D eigenvalue weighted by Gasteiger charge is 2.24. The van der Waals surface area contributed by atoms with Gasteiger partial charge in [0.2, 0.25) is 5.75 Å². The van der Waals surface area contributed by atoms with Gasteiger partial charge in [-0.1, -0.05) is 30.3 Å². The van der Waals surface area contributed by atoms with E-state index in [-0.39, 0.29) is 11.4 Å². The quantitative estimate of drug-likeness (QED) is 0.207. The van der Waals surface area contributed by atoms with E-state index in [1.807, 2.05) is 40.8 Å². The monoisotopic (exact) mass is 544 g/mol. The fourth-order valence-electron chi connectivity index (χ4n) is 3.58. The summed E-state index contributed by atoms with van der Waals surface area (Å²) in [7, 11) is 0. The maximum atomic E-state index is 11.1. The second-order valence-electron chi connectivity index (χ2n) is 7.13. The first kappa shape index (κ1) is 21.4. The highest BCUT2D eigenvalue weighted by atomic mass is 127. The number of nitriles is 1. The molecule has 4 rings (SSSR count). The minimum absolute atomic E-state index is 0.356. The number of phenolic OH excluding ortho intramolecular Hbond substituents is 1. The molecule has 0 saturated heterocycles. The van der Waals surface area contributed by atoms with E-state index in [1.54, 1.807) is 6.07 Å². The van der Waals surface area contributed by atoms with Crippen LogP contribution >= 0.6 is 33.9 Å². The summed E-state index contributed by atoms with van der Waals surface area (Å²) in [6, 6.07) is 15.5. The summed E-state index contributed by atoms with van der Waals surface area (Å²) in [6.07, 6.45) is 2.30. The number of thiophene rings is 1. The van der Waals surface area contributed by atoms with Crippen molar-refractivity contribution in [3.8, 4) is 11.8 Å². The van der Waals surface area contributed by atoms with Gasteiger partial charge in [0, 0.05) is 42.4 Å². The summed E-state index contributed by atoms with van der Waals surface area (Å²) in [5.41, 5.74) is 3.02. The lowest BCUT2D eigenvalue weighted by Crippen LogP contribution is -2.29. The second kappa shape index (κ2) is 9.13. The molecule has 0 aliphatic carbocycles. The number of nitro benzene ring substituents is 1.